The van der Waals surface area contributed by atoms with Crippen molar-refractivity contribution in [3.05, 3.63) is 46.5 Å². The molecular weight excluding hydrogens is 296 g/mol. The topological polar surface area (TPSA) is 97.1 Å². The number of nitro groups is 1. The quantitative estimate of drug-likeness (QED) is 0.590. The zero-order chi connectivity index (χ0) is 16.7. The van der Waals surface area contributed by atoms with Crippen LogP contribution in [0.2, 0.25) is 0 Å². The lowest BCUT2D eigenvalue weighted by molar-refractivity contribution is -0.383. The molecule has 0 spiro atoms. The summed E-state index contributed by atoms with van der Waals surface area (Å²) in [6.45, 7) is 3.18. The fraction of sp³-hybridized carbons (Fsp3) is 0.400. The van der Waals surface area contributed by atoms with Gasteiger partial charge in [-0.05, 0) is 18.1 Å². The van der Waals surface area contributed by atoms with Crippen molar-refractivity contribution >= 4 is 17.3 Å². The second kappa shape index (κ2) is 8.02. The summed E-state index contributed by atoms with van der Waals surface area (Å²) in [5.41, 5.74) is 0.816. The van der Waals surface area contributed by atoms with Crippen molar-refractivity contribution in [2.45, 2.75) is 26.3 Å². The molecule has 8 heteroatoms. The van der Waals surface area contributed by atoms with Crippen molar-refractivity contribution in [3.8, 4) is 0 Å². The summed E-state index contributed by atoms with van der Waals surface area (Å²) in [5, 5.41) is 14.5. The van der Waals surface area contributed by atoms with Gasteiger partial charge in [0.1, 0.15) is 6.33 Å². The zero-order valence-corrected chi connectivity index (χ0v) is 13.3. The van der Waals surface area contributed by atoms with Crippen LogP contribution >= 0.6 is 0 Å². The normalized spacial score (nSPS) is 10.3. The molecule has 0 radical (unpaired) electrons. The van der Waals surface area contributed by atoms with E-state index in [1.165, 1.54) is 6.33 Å². The molecule has 8 nitrogen and oxygen atoms in total. The summed E-state index contributed by atoms with van der Waals surface area (Å²) in [6.07, 6.45) is 6.67. The molecule has 0 aliphatic heterocycles. The van der Waals surface area contributed by atoms with Crippen molar-refractivity contribution in [1.29, 1.82) is 0 Å². The Morgan fingerprint density at radius 3 is 2.87 bits per heavy atom. The predicted molar refractivity (Wildman–Crippen MR) is 88.4 cm³/mol. The molecule has 0 saturated heterocycles. The van der Waals surface area contributed by atoms with Gasteiger partial charge in [-0.2, -0.15) is 0 Å². The van der Waals surface area contributed by atoms with Crippen LogP contribution in [0.5, 0.6) is 0 Å². The summed E-state index contributed by atoms with van der Waals surface area (Å²) < 4.78 is 0. The van der Waals surface area contributed by atoms with E-state index in [0.717, 1.165) is 18.4 Å². The van der Waals surface area contributed by atoms with Crippen LogP contribution in [0.4, 0.5) is 17.3 Å². The maximum Gasteiger partial charge on any atom is 0.353 e. The Bertz CT molecular complexity index is 650. The summed E-state index contributed by atoms with van der Waals surface area (Å²) in [4.78, 5) is 25.0. The highest BCUT2D eigenvalue weighted by Gasteiger charge is 2.25. The average Bonchev–Trinajstić information content (AvgIpc) is 2.58. The number of nitrogens with zero attached hydrogens (tertiary/aromatic N) is 5. The molecule has 0 bridgehead atoms. The van der Waals surface area contributed by atoms with Gasteiger partial charge < -0.3 is 10.2 Å². The molecule has 0 aliphatic carbocycles. The standard InChI is InChI=1S/C15H20N6O2/c1-3-4-8-20(2)15-13(21(22)23)14(18-11-19-15)17-10-12-6-5-7-16-9-12/h5-7,9,11H,3-4,8,10H2,1-2H3,(H,17,18,19). The van der Waals surface area contributed by atoms with Crippen molar-refractivity contribution < 1.29 is 4.92 Å². The molecule has 0 amide bonds. The van der Waals surface area contributed by atoms with E-state index in [1.54, 1.807) is 24.3 Å². The maximum absolute atomic E-state index is 11.5. The van der Waals surface area contributed by atoms with Gasteiger partial charge in [-0.25, -0.2) is 9.97 Å². The first kappa shape index (κ1) is 16.6. The highest BCUT2D eigenvalue weighted by molar-refractivity contribution is 5.70. The Hall–Kier alpha value is -2.77. The first-order valence-corrected chi connectivity index (χ1v) is 7.46. The number of hydrogen-bond acceptors (Lipinski definition) is 7. The van der Waals surface area contributed by atoms with Crippen molar-refractivity contribution in [1.82, 2.24) is 15.0 Å². The zero-order valence-electron chi connectivity index (χ0n) is 13.3. The highest BCUT2D eigenvalue weighted by atomic mass is 16.6. The fourth-order valence-corrected chi connectivity index (χ4v) is 2.14. The van der Waals surface area contributed by atoms with E-state index in [2.05, 4.69) is 27.2 Å². The monoisotopic (exact) mass is 316 g/mol. The first-order chi connectivity index (χ1) is 11.1. The van der Waals surface area contributed by atoms with Gasteiger partial charge >= 0.3 is 5.69 Å². The third-order valence-corrected chi connectivity index (χ3v) is 3.38. The fourth-order valence-electron chi connectivity index (χ4n) is 2.14. The highest BCUT2D eigenvalue weighted by Crippen LogP contribution is 2.31. The number of unbranched alkanes of at least 4 members (excludes halogenated alkanes) is 1. The van der Waals surface area contributed by atoms with Crippen LogP contribution in [0.3, 0.4) is 0 Å². The van der Waals surface area contributed by atoms with Crippen LogP contribution in [0.15, 0.2) is 30.9 Å². The molecule has 0 aliphatic rings. The maximum atomic E-state index is 11.5. The molecule has 0 saturated carbocycles. The van der Waals surface area contributed by atoms with E-state index in [1.807, 2.05) is 12.1 Å². The Morgan fingerprint density at radius 2 is 2.22 bits per heavy atom. The number of pyridine rings is 1. The summed E-state index contributed by atoms with van der Waals surface area (Å²) in [6, 6.07) is 3.71. The average molecular weight is 316 g/mol. The lowest BCUT2D eigenvalue weighted by atomic mass is 10.3. The molecular formula is C15H20N6O2. The second-order valence-electron chi connectivity index (χ2n) is 5.14. The Morgan fingerprint density at radius 1 is 1.39 bits per heavy atom. The van der Waals surface area contributed by atoms with Crippen LogP contribution < -0.4 is 10.2 Å². The van der Waals surface area contributed by atoms with Crippen LogP contribution in [0.1, 0.15) is 25.3 Å². The van der Waals surface area contributed by atoms with E-state index < -0.39 is 4.92 Å². The number of anilines is 2. The third kappa shape index (κ3) is 4.35. The van der Waals surface area contributed by atoms with Gasteiger partial charge in [-0.15, -0.1) is 0 Å². The molecule has 2 heterocycles. The molecule has 23 heavy (non-hydrogen) atoms. The summed E-state index contributed by atoms with van der Waals surface area (Å²) in [7, 11) is 1.80. The largest absolute Gasteiger partial charge is 0.360 e. The predicted octanol–water partition coefficient (Wildman–Crippen LogP) is 2.63. The van der Waals surface area contributed by atoms with Gasteiger partial charge in [0.15, 0.2) is 0 Å². The van der Waals surface area contributed by atoms with Gasteiger partial charge in [-0.3, -0.25) is 15.1 Å². The molecule has 122 valence electrons. The van der Waals surface area contributed by atoms with E-state index in [9.17, 15) is 10.1 Å². The molecule has 2 aromatic heterocycles. The minimum Gasteiger partial charge on any atom is -0.360 e. The van der Waals surface area contributed by atoms with Gasteiger partial charge in [0, 0.05) is 32.5 Å². The molecule has 0 aromatic carbocycles. The van der Waals surface area contributed by atoms with E-state index in [0.29, 0.717) is 18.9 Å². The van der Waals surface area contributed by atoms with Crippen molar-refractivity contribution in [3.63, 3.8) is 0 Å². The Kier molecular flexibility index (Phi) is 5.79. The van der Waals surface area contributed by atoms with Crippen LogP contribution in [-0.4, -0.2) is 33.5 Å². The smallest absolute Gasteiger partial charge is 0.353 e. The summed E-state index contributed by atoms with van der Waals surface area (Å²) >= 11 is 0. The number of aromatic nitrogens is 3. The van der Waals surface area contributed by atoms with Crippen LogP contribution in [0, 0.1) is 10.1 Å². The minimum atomic E-state index is -0.441. The lowest BCUT2D eigenvalue weighted by Crippen LogP contribution is -2.21. The third-order valence-electron chi connectivity index (χ3n) is 3.38. The Balaban J connectivity index is 2.23. The molecule has 1 N–H and O–H groups in total. The first-order valence-electron chi connectivity index (χ1n) is 7.46. The van der Waals surface area contributed by atoms with Gasteiger partial charge in [0.2, 0.25) is 11.6 Å². The van der Waals surface area contributed by atoms with E-state index >= 15 is 0 Å². The molecule has 0 unspecified atom stereocenters. The minimum absolute atomic E-state index is 0.102. The molecule has 2 rings (SSSR count). The van der Waals surface area contributed by atoms with Crippen molar-refractivity contribution in [2.75, 3.05) is 23.8 Å². The number of rotatable bonds is 8. The van der Waals surface area contributed by atoms with Crippen LogP contribution in [0.25, 0.3) is 0 Å². The van der Waals surface area contributed by atoms with Crippen LogP contribution in [-0.2, 0) is 6.54 Å². The number of hydrogen-bond donors (Lipinski definition) is 1. The van der Waals surface area contributed by atoms with Gasteiger partial charge in [0.05, 0.1) is 4.92 Å². The lowest BCUT2D eigenvalue weighted by Gasteiger charge is -2.18. The van der Waals surface area contributed by atoms with E-state index in [4.69, 9.17) is 0 Å². The molecule has 0 fully saturated rings. The Labute approximate surface area is 134 Å². The van der Waals surface area contributed by atoms with Gasteiger partial charge in [-0.1, -0.05) is 19.4 Å². The molecule has 2 aromatic rings. The molecule has 0 atom stereocenters. The van der Waals surface area contributed by atoms with Gasteiger partial charge in [0.25, 0.3) is 0 Å². The number of nitrogens with one attached hydrogen (secondary N) is 1. The second-order valence-corrected chi connectivity index (χ2v) is 5.14. The summed E-state index contributed by atoms with van der Waals surface area (Å²) in [5.74, 6) is 0.541. The van der Waals surface area contributed by atoms with E-state index in [-0.39, 0.29) is 11.5 Å². The SMILES string of the molecule is CCCCN(C)c1ncnc(NCc2cccnc2)c1[N+](=O)[O-]. The van der Waals surface area contributed by atoms with Crippen molar-refractivity contribution in [2.24, 2.45) is 0 Å².